The fraction of sp³-hybridized carbons (Fsp3) is 0.812. The van der Waals surface area contributed by atoms with Gasteiger partial charge in [-0.1, -0.05) is 20.8 Å². The quantitative estimate of drug-likeness (QED) is 0.720. The predicted octanol–water partition coefficient (Wildman–Crippen LogP) is 0.975. The van der Waals surface area contributed by atoms with Crippen LogP contribution >= 0.6 is 0 Å². The van der Waals surface area contributed by atoms with Crippen molar-refractivity contribution in [1.82, 2.24) is 15.5 Å². The maximum Gasteiger partial charge on any atom is 0.315 e. The van der Waals surface area contributed by atoms with Crippen LogP contribution in [0.1, 0.15) is 54.4 Å². The number of nitrogens with one attached hydrogen (secondary N) is 2. The first-order chi connectivity index (χ1) is 10.3. The van der Waals surface area contributed by atoms with Gasteiger partial charge in [-0.25, -0.2) is 4.79 Å². The van der Waals surface area contributed by atoms with Crippen LogP contribution in [0.3, 0.4) is 0 Å². The van der Waals surface area contributed by atoms with Gasteiger partial charge in [0.2, 0.25) is 11.8 Å². The number of urea groups is 1. The van der Waals surface area contributed by atoms with Crippen LogP contribution in [-0.2, 0) is 9.59 Å². The summed E-state index contributed by atoms with van der Waals surface area (Å²) in [5.74, 6) is -0.759. The molecule has 0 bridgehead atoms. The van der Waals surface area contributed by atoms with Crippen molar-refractivity contribution in [1.29, 1.82) is 0 Å². The smallest absolute Gasteiger partial charge is 0.315 e. The number of amides is 4. The molecule has 132 valence electrons. The van der Waals surface area contributed by atoms with Gasteiger partial charge in [0.15, 0.2) is 0 Å². The van der Waals surface area contributed by atoms with E-state index >= 15 is 0 Å². The number of primary amides is 1. The van der Waals surface area contributed by atoms with Crippen LogP contribution in [0.15, 0.2) is 0 Å². The molecule has 0 aliphatic carbocycles. The summed E-state index contributed by atoms with van der Waals surface area (Å²) in [4.78, 5) is 38.1. The van der Waals surface area contributed by atoms with Crippen molar-refractivity contribution in [2.75, 3.05) is 6.54 Å². The van der Waals surface area contributed by atoms with Crippen LogP contribution in [0.4, 0.5) is 4.79 Å². The second-order valence-corrected chi connectivity index (χ2v) is 8.24. The minimum absolute atomic E-state index is 0.261. The van der Waals surface area contributed by atoms with Crippen molar-refractivity contribution in [2.24, 2.45) is 11.1 Å². The number of carbonyl (C=O) groups excluding carboxylic acids is 3. The van der Waals surface area contributed by atoms with E-state index < -0.39 is 35.0 Å². The molecule has 4 N–H and O–H groups in total. The highest BCUT2D eigenvalue weighted by molar-refractivity contribution is 5.92. The van der Waals surface area contributed by atoms with Gasteiger partial charge in [-0.05, 0) is 39.0 Å². The van der Waals surface area contributed by atoms with Crippen molar-refractivity contribution in [2.45, 2.75) is 72.0 Å². The first kappa shape index (κ1) is 19.3. The van der Waals surface area contributed by atoms with Crippen LogP contribution < -0.4 is 16.4 Å². The van der Waals surface area contributed by atoms with E-state index in [4.69, 9.17) is 5.73 Å². The number of hydrogen-bond donors (Lipinski definition) is 3. The van der Waals surface area contributed by atoms with Gasteiger partial charge in [0.1, 0.15) is 12.1 Å². The highest BCUT2D eigenvalue weighted by Gasteiger charge is 2.41. The summed E-state index contributed by atoms with van der Waals surface area (Å²) in [6.45, 7) is 11.7. The van der Waals surface area contributed by atoms with Crippen molar-refractivity contribution in [3.05, 3.63) is 0 Å². The molecule has 2 atom stereocenters. The van der Waals surface area contributed by atoms with E-state index in [0.717, 1.165) is 6.42 Å². The summed E-state index contributed by atoms with van der Waals surface area (Å²) in [6, 6.07) is -1.72. The summed E-state index contributed by atoms with van der Waals surface area (Å²) >= 11 is 0. The van der Waals surface area contributed by atoms with Gasteiger partial charge in [0.05, 0.1) is 0 Å². The van der Waals surface area contributed by atoms with Crippen LogP contribution in [0.5, 0.6) is 0 Å². The molecule has 1 aliphatic heterocycles. The molecule has 23 heavy (non-hydrogen) atoms. The van der Waals surface area contributed by atoms with Crippen LogP contribution in [0.25, 0.3) is 0 Å². The molecular weight excluding hydrogens is 296 g/mol. The third-order valence-electron chi connectivity index (χ3n) is 3.74. The van der Waals surface area contributed by atoms with E-state index in [1.807, 2.05) is 41.5 Å². The van der Waals surface area contributed by atoms with Gasteiger partial charge in [0.25, 0.3) is 0 Å². The van der Waals surface area contributed by atoms with Crippen molar-refractivity contribution >= 4 is 17.8 Å². The summed E-state index contributed by atoms with van der Waals surface area (Å²) < 4.78 is 0. The maximum absolute atomic E-state index is 12.9. The molecule has 0 saturated carbocycles. The van der Waals surface area contributed by atoms with Gasteiger partial charge in [0, 0.05) is 12.1 Å². The molecule has 0 spiro atoms. The van der Waals surface area contributed by atoms with E-state index in [-0.39, 0.29) is 5.91 Å². The second-order valence-electron chi connectivity index (χ2n) is 8.24. The molecule has 2 unspecified atom stereocenters. The lowest BCUT2D eigenvalue weighted by molar-refractivity contribution is -0.140. The Morgan fingerprint density at radius 1 is 1.13 bits per heavy atom. The highest BCUT2D eigenvalue weighted by Crippen LogP contribution is 2.25. The Hall–Kier alpha value is -1.79. The monoisotopic (exact) mass is 326 g/mol. The number of nitrogens with zero attached hydrogens (tertiary/aromatic N) is 1. The first-order valence-electron chi connectivity index (χ1n) is 8.01. The van der Waals surface area contributed by atoms with Crippen LogP contribution in [0, 0.1) is 5.41 Å². The molecule has 4 amide bonds. The molecule has 0 aromatic heterocycles. The Balaban J connectivity index is 2.92. The minimum atomic E-state index is -0.732. The van der Waals surface area contributed by atoms with Gasteiger partial charge in [-0.2, -0.15) is 0 Å². The summed E-state index contributed by atoms with van der Waals surface area (Å²) in [5, 5.41) is 5.54. The van der Waals surface area contributed by atoms with Crippen molar-refractivity contribution < 1.29 is 14.4 Å². The zero-order valence-electron chi connectivity index (χ0n) is 15.0. The van der Waals surface area contributed by atoms with Crippen molar-refractivity contribution in [3.8, 4) is 0 Å². The number of likely N-dealkylation sites (tertiary alicyclic amines) is 1. The van der Waals surface area contributed by atoms with E-state index in [0.29, 0.717) is 13.0 Å². The molecule has 1 saturated heterocycles. The number of carbonyl (C=O) groups is 3. The Morgan fingerprint density at radius 2 is 1.70 bits per heavy atom. The average molecular weight is 326 g/mol. The molecule has 0 radical (unpaired) electrons. The normalized spacial score (nSPS) is 20.1. The number of hydrogen-bond acceptors (Lipinski definition) is 3. The standard InChI is InChI=1S/C16H30N4O3/c1-15(2,3)11(18-14(23)19-16(4,5)6)13(22)20-9-7-8-10(20)12(17)21/h10-11H,7-9H2,1-6H3,(H2,17,21)(H2,18,19,23). The van der Waals surface area contributed by atoms with E-state index in [1.165, 1.54) is 4.90 Å². The number of nitrogens with two attached hydrogens (primary N) is 1. The Bertz CT molecular complexity index is 477. The minimum Gasteiger partial charge on any atom is -0.368 e. The fourth-order valence-corrected chi connectivity index (χ4v) is 2.65. The second kappa shape index (κ2) is 6.76. The molecule has 1 fully saturated rings. The average Bonchev–Trinajstić information content (AvgIpc) is 2.80. The summed E-state index contributed by atoms with van der Waals surface area (Å²) in [5.41, 5.74) is 4.49. The van der Waals surface area contributed by atoms with Crippen LogP contribution in [0.2, 0.25) is 0 Å². The lowest BCUT2D eigenvalue weighted by atomic mass is 9.85. The third-order valence-corrected chi connectivity index (χ3v) is 3.74. The largest absolute Gasteiger partial charge is 0.368 e. The van der Waals surface area contributed by atoms with E-state index in [1.54, 1.807) is 0 Å². The fourth-order valence-electron chi connectivity index (χ4n) is 2.65. The molecule has 0 aromatic rings. The molecule has 1 aliphatic rings. The van der Waals surface area contributed by atoms with E-state index in [2.05, 4.69) is 10.6 Å². The molecule has 0 aromatic carbocycles. The lowest BCUT2D eigenvalue weighted by Crippen LogP contribution is -2.60. The van der Waals surface area contributed by atoms with Crippen molar-refractivity contribution in [3.63, 3.8) is 0 Å². The molecule has 1 rings (SSSR count). The molecule has 1 heterocycles. The Labute approximate surface area is 138 Å². The van der Waals surface area contributed by atoms with Gasteiger partial charge in [-0.15, -0.1) is 0 Å². The Morgan fingerprint density at radius 3 is 2.13 bits per heavy atom. The van der Waals surface area contributed by atoms with Crippen LogP contribution in [-0.4, -0.2) is 46.9 Å². The topological polar surface area (TPSA) is 105 Å². The summed E-state index contributed by atoms with van der Waals surface area (Å²) in [6.07, 6.45) is 1.32. The Kier molecular flexibility index (Phi) is 5.66. The predicted molar refractivity (Wildman–Crippen MR) is 88.6 cm³/mol. The molecule has 7 heteroatoms. The van der Waals surface area contributed by atoms with Gasteiger partial charge < -0.3 is 21.3 Å². The number of rotatable bonds is 3. The van der Waals surface area contributed by atoms with Gasteiger partial charge in [-0.3, -0.25) is 9.59 Å². The maximum atomic E-state index is 12.9. The molecule has 7 nitrogen and oxygen atoms in total. The van der Waals surface area contributed by atoms with Gasteiger partial charge >= 0.3 is 6.03 Å². The van der Waals surface area contributed by atoms with E-state index in [9.17, 15) is 14.4 Å². The zero-order valence-corrected chi connectivity index (χ0v) is 15.0. The lowest BCUT2D eigenvalue weighted by Gasteiger charge is -2.35. The zero-order chi connectivity index (χ0) is 18.0. The SMILES string of the molecule is CC(C)(C)NC(=O)NC(C(=O)N1CCCC1C(N)=O)C(C)(C)C. The third kappa shape index (κ3) is 5.41. The highest BCUT2D eigenvalue weighted by atomic mass is 16.2. The molecular formula is C16H30N4O3. The first-order valence-corrected chi connectivity index (χ1v) is 8.01. The summed E-state index contributed by atoms with van der Waals surface area (Å²) in [7, 11) is 0.